The van der Waals surface area contributed by atoms with Gasteiger partial charge in [-0.15, -0.1) is 0 Å². The zero-order valence-corrected chi connectivity index (χ0v) is 9.45. The molecule has 0 aromatic heterocycles. The smallest absolute Gasteiger partial charge is 0.343 e. The molecule has 0 radical (unpaired) electrons. The molecular formula is C11H12ClN2O2+. The van der Waals surface area contributed by atoms with E-state index < -0.39 is 5.97 Å². The molecule has 0 aliphatic rings. The molecule has 0 fully saturated rings. The van der Waals surface area contributed by atoms with Crippen LogP contribution in [0.25, 0.3) is 0 Å². The van der Waals surface area contributed by atoms with Crippen molar-refractivity contribution in [1.82, 2.24) is 0 Å². The fourth-order valence-corrected chi connectivity index (χ4v) is 1.44. The van der Waals surface area contributed by atoms with Gasteiger partial charge < -0.3 is 10.8 Å². The van der Waals surface area contributed by atoms with Crippen LogP contribution in [-0.2, 0) is 4.79 Å². The fourth-order valence-electron chi connectivity index (χ4n) is 1.31. The first-order valence-electron chi connectivity index (χ1n) is 4.56. The third kappa shape index (κ3) is 2.61. The summed E-state index contributed by atoms with van der Waals surface area (Å²) in [5.41, 5.74) is 6.47. The Balaban J connectivity index is 3.19. The lowest BCUT2D eigenvalue weighted by Crippen LogP contribution is -2.69. The minimum Gasteiger partial charge on any atom is -0.477 e. The lowest BCUT2D eigenvalue weighted by Gasteiger charge is -2.01. The first kappa shape index (κ1) is 12.3. The van der Waals surface area contributed by atoms with Gasteiger partial charge in [-0.25, -0.2) is 9.79 Å². The summed E-state index contributed by atoms with van der Waals surface area (Å²) in [6, 6.07) is 6.82. The van der Waals surface area contributed by atoms with Gasteiger partial charge in [0.05, 0.1) is 0 Å². The van der Waals surface area contributed by atoms with Gasteiger partial charge in [0.15, 0.2) is 0 Å². The van der Waals surface area contributed by atoms with E-state index in [2.05, 4.69) is 4.99 Å². The summed E-state index contributed by atoms with van der Waals surface area (Å²) in [6.07, 6.45) is 1.06. The lowest BCUT2D eigenvalue weighted by molar-refractivity contribution is -0.418. The van der Waals surface area contributed by atoms with Crippen molar-refractivity contribution >= 4 is 23.3 Å². The Bertz CT molecular complexity index is 450. The fraction of sp³-hybridized carbons (Fsp3) is 0.0909. The van der Waals surface area contributed by atoms with Crippen molar-refractivity contribution in [3.05, 3.63) is 46.6 Å². The number of hydrogen-bond donors (Lipinski definition) is 3. The zero-order chi connectivity index (χ0) is 12.1. The molecule has 0 aliphatic carbocycles. The maximum atomic E-state index is 10.9. The molecule has 4 nitrogen and oxygen atoms in total. The predicted molar refractivity (Wildman–Crippen MR) is 62.4 cm³/mol. The number of carboxylic acid groups (broad SMARTS) is 1. The number of halogens is 1. The molecule has 4 N–H and O–H groups in total. The number of hydrogen-bond acceptors (Lipinski definition) is 2. The van der Waals surface area contributed by atoms with Gasteiger partial charge >= 0.3 is 5.97 Å². The van der Waals surface area contributed by atoms with E-state index in [0.717, 1.165) is 6.20 Å². The third-order valence-corrected chi connectivity index (χ3v) is 2.30. The molecule has 0 aliphatic heterocycles. The van der Waals surface area contributed by atoms with Crippen molar-refractivity contribution in [3.8, 4) is 0 Å². The molecule has 0 saturated carbocycles. The summed E-state index contributed by atoms with van der Waals surface area (Å²) in [6.45, 7) is 0. The normalized spacial score (nSPS) is 12.6. The van der Waals surface area contributed by atoms with Crippen LogP contribution >= 0.6 is 11.6 Å². The van der Waals surface area contributed by atoms with Gasteiger partial charge in [-0.2, -0.15) is 0 Å². The maximum Gasteiger partial charge on any atom is 0.343 e. The highest BCUT2D eigenvalue weighted by molar-refractivity contribution is 6.31. The van der Waals surface area contributed by atoms with E-state index in [9.17, 15) is 4.79 Å². The molecule has 16 heavy (non-hydrogen) atoms. The summed E-state index contributed by atoms with van der Waals surface area (Å²) in [4.78, 5) is 13.8. The summed E-state index contributed by atoms with van der Waals surface area (Å²) < 4.78 is 0. The number of nitrogens with one attached hydrogen (secondary N) is 1. The number of nitrogens with two attached hydrogens (primary N) is 1. The molecule has 0 amide bonds. The van der Waals surface area contributed by atoms with Crippen LogP contribution in [0.15, 0.2) is 36.0 Å². The van der Waals surface area contributed by atoms with Crippen LogP contribution in [0.2, 0.25) is 5.02 Å². The quantitative estimate of drug-likeness (QED) is 0.504. The second-order valence-electron chi connectivity index (χ2n) is 3.02. The summed E-state index contributed by atoms with van der Waals surface area (Å²) in [7, 11) is 1.64. The third-order valence-electron chi connectivity index (χ3n) is 2.05. The highest BCUT2D eigenvalue weighted by Crippen LogP contribution is 2.11. The highest BCUT2D eigenvalue weighted by Gasteiger charge is 2.20. The molecule has 1 aromatic carbocycles. The van der Waals surface area contributed by atoms with E-state index in [1.807, 2.05) is 0 Å². The summed E-state index contributed by atoms with van der Waals surface area (Å²) in [5.74, 6) is -1.08. The van der Waals surface area contributed by atoms with Crippen LogP contribution in [0.5, 0.6) is 0 Å². The van der Waals surface area contributed by atoms with Crippen molar-refractivity contribution in [2.24, 2.45) is 5.73 Å². The molecule has 0 atom stereocenters. The van der Waals surface area contributed by atoms with E-state index in [1.54, 1.807) is 31.3 Å². The molecule has 0 spiro atoms. The van der Waals surface area contributed by atoms with E-state index in [-0.39, 0.29) is 5.57 Å². The van der Waals surface area contributed by atoms with Crippen LogP contribution in [-0.4, -0.2) is 23.8 Å². The van der Waals surface area contributed by atoms with Gasteiger partial charge in [0.2, 0.25) is 5.71 Å². The SMILES string of the molecule is C[NH+]=C(C(=CN)C(=O)O)c1ccc(Cl)cc1. The first-order valence-corrected chi connectivity index (χ1v) is 4.94. The van der Waals surface area contributed by atoms with Crippen molar-refractivity contribution in [3.63, 3.8) is 0 Å². The van der Waals surface area contributed by atoms with Gasteiger partial charge in [-0.3, -0.25) is 0 Å². The Morgan fingerprint density at radius 3 is 2.38 bits per heavy atom. The Labute approximate surface area is 98.1 Å². The highest BCUT2D eigenvalue weighted by atomic mass is 35.5. The second kappa shape index (κ2) is 5.32. The van der Waals surface area contributed by atoms with Gasteiger partial charge in [0.1, 0.15) is 12.6 Å². The van der Waals surface area contributed by atoms with Crippen LogP contribution in [0.4, 0.5) is 0 Å². The maximum absolute atomic E-state index is 10.9. The minimum absolute atomic E-state index is 0.0184. The van der Waals surface area contributed by atoms with Crippen LogP contribution < -0.4 is 10.7 Å². The van der Waals surface area contributed by atoms with Gasteiger partial charge in [-0.05, 0) is 24.3 Å². The Morgan fingerprint density at radius 1 is 1.44 bits per heavy atom. The molecule has 1 rings (SSSR count). The number of benzene rings is 1. The molecular weight excluding hydrogens is 228 g/mol. The van der Waals surface area contributed by atoms with Crippen molar-refractivity contribution in [2.75, 3.05) is 7.05 Å². The average Bonchev–Trinajstić information content (AvgIpc) is 2.26. The number of rotatable bonds is 3. The molecule has 0 heterocycles. The van der Waals surface area contributed by atoms with E-state index in [4.69, 9.17) is 22.4 Å². The van der Waals surface area contributed by atoms with Gasteiger partial charge in [-0.1, -0.05) is 11.6 Å². The van der Waals surface area contributed by atoms with Crippen molar-refractivity contribution in [2.45, 2.75) is 0 Å². The zero-order valence-electron chi connectivity index (χ0n) is 8.70. The largest absolute Gasteiger partial charge is 0.477 e. The standard InChI is InChI=1S/C11H11ClN2O2/c1-14-10(9(6-13)11(15)16)7-2-4-8(12)5-3-7/h2-6H,13H2,1H3,(H,15,16)/p+1. The number of aliphatic carboxylic acids is 1. The Hall–Kier alpha value is -1.81. The Kier molecular flexibility index (Phi) is 4.08. The van der Waals surface area contributed by atoms with Gasteiger partial charge in [0.25, 0.3) is 0 Å². The molecule has 1 aromatic rings. The van der Waals surface area contributed by atoms with Crippen LogP contribution in [0.1, 0.15) is 5.56 Å². The first-order chi connectivity index (χ1) is 7.60. The van der Waals surface area contributed by atoms with Crippen molar-refractivity contribution in [1.29, 1.82) is 0 Å². The lowest BCUT2D eigenvalue weighted by atomic mass is 10.0. The molecule has 84 valence electrons. The number of carbonyl (C=O) groups is 1. The van der Waals surface area contributed by atoms with Crippen LogP contribution in [0.3, 0.4) is 0 Å². The second-order valence-corrected chi connectivity index (χ2v) is 3.45. The van der Waals surface area contributed by atoms with Crippen molar-refractivity contribution < 1.29 is 14.9 Å². The molecule has 0 unspecified atom stereocenters. The van der Waals surface area contributed by atoms with Crippen LogP contribution in [0, 0.1) is 0 Å². The summed E-state index contributed by atoms with van der Waals surface area (Å²) >= 11 is 5.75. The summed E-state index contributed by atoms with van der Waals surface area (Å²) in [5, 5.41) is 9.55. The monoisotopic (exact) mass is 239 g/mol. The van der Waals surface area contributed by atoms with Gasteiger partial charge in [0, 0.05) is 16.8 Å². The van der Waals surface area contributed by atoms with E-state index in [1.165, 1.54) is 0 Å². The van der Waals surface area contributed by atoms with E-state index in [0.29, 0.717) is 16.3 Å². The number of carboxylic acids is 1. The predicted octanol–water partition coefficient (Wildman–Crippen LogP) is -0.233. The Morgan fingerprint density at radius 2 is 2.00 bits per heavy atom. The van der Waals surface area contributed by atoms with E-state index >= 15 is 0 Å². The molecule has 0 saturated heterocycles. The molecule has 5 heteroatoms. The molecule has 0 bridgehead atoms. The minimum atomic E-state index is -1.08. The topological polar surface area (TPSA) is 77.3 Å². The average molecular weight is 240 g/mol.